The van der Waals surface area contributed by atoms with Crippen LogP contribution in [0, 0.1) is 17.2 Å². The molecular weight excluding hydrogens is 224 g/mol. The largest absolute Gasteiger partial charge is 0.314 e. The van der Waals surface area contributed by atoms with Gasteiger partial charge in [0.1, 0.15) is 5.54 Å². The van der Waals surface area contributed by atoms with E-state index in [4.69, 9.17) is 11.0 Å². The molecule has 2 atom stereocenters. The Balaban J connectivity index is 2.36. The van der Waals surface area contributed by atoms with Crippen molar-refractivity contribution in [3.63, 3.8) is 0 Å². The predicted octanol–water partition coefficient (Wildman–Crippen LogP) is 1.28. The minimum atomic E-state index is -0.708. The van der Waals surface area contributed by atoms with Gasteiger partial charge in [0.05, 0.1) is 6.07 Å². The van der Waals surface area contributed by atoms with E-state index in [0.29, 0.717) is 6.04 Å². The fourth-order valence-electron chi connectivity index (χ4n) is 2.65. The molecule has 0 bridgehead atoms. The maximum absolute atomic E-state index is 8.98. The molecule has 4 heteroatoms. The van der Waals surface area contributed by atoms with Crippen LogP contribution in [0.5, 0.6) is 0 Å². The Morgan fingerprint density at radius 3 is 2.56 bits per heavy atom. The molecule has 0 aromatic carbocycles. The molecule has 0 radical (unpaired) electrons. The van der Waals surface area contributed by atoms with Crippen molar-refractivity contribution in [3.05, 3.63) is 0 Å². The van der Waals surface area contributed by atoms with Crippen molar-refractivity contribution in [1.82, 2.24) is 9.80 Å². The number of piperidine rings is 1. The number of hydrogen-bond donors (Lipinski definition) is 1. The molecule has 18 heavy (non-hydrogen) atoms. The van der Waals surface area contributed by atoms with Crippen LogP contribution in [0.4, 0.5) is 0 Å². The molecule has 0 spiro atoms. The highest BCUT2D eigenvalue weighted by Gasteiger charge is 2.25. The average Bonchev–Trinajstić information content (AvgIpc) is 2.31. The molecule has 1 aliphatic rings. The van der Waals surface area contributed by atoms with Gasteiger partial charge >= 0.3 is 0 Å². The van der Waals surface area contributed by atoms with E-state index in [1.54, 1.807) is 0 Å². The molecule has 0 saturated carbocycles. The molecule has 0 aliphatic carbocycles. The maximum Gasteiger partial charge on any atom is 0.102 e. The van der Waals surface area contributed by atoms with Crippen LogP contribution in [0.15, 0.2) is 0 Å². The molecule has 2 unspecified atom stereocenters. The SMILES string of the molecule is CC(CC(C)(N)C#N)N(C)CC1CCN(C)CC1. The summed E-state index contributed by atoms with van der Waals surface area (Å²) in [6.45, 7) is 7.51. The zero-order valence-corrected chi connectivity index (χ0v) is 12.3. The van der Waals surface area contributed by atoms with Gasteiger partial charge in [-0.3, -0.25) is 0 Å². The van der Waals surface area contributed by atoms with E-state index in [1.165, 1.54) is 25.9 Å². The molecule has 1 aliphatic heterocycles. The number of nitrogens with zero attached hydrogens (tertiary/aromatic N) is 3. The first-order valence-corrected chi connectivity index (χ1v) is 6.93. The first kappa shape index (κ1) is 15.4. The number of likely N-dealkylation sites (tertiary alicyclic amines) is 1. The van der Waals surface area contributed by atoms with Gasteiger partial charge in [-0.2, -0.15) is 5.26 Å². The van der Waals surface area contributed by atoms with Gasteiger partial charge in [0.2, 0.25) is 0 Å². The van der Waals surface area contributed by atoms with Crippen LogP contribution in [0.25, 0.3) is 0 Å². The van der Waals surface area contributed by atoms with Crippen molar-refractivity contribution < 1.29 is 0 Å². The third kappa shape index (κ3) is 4.93. The Morgan fingerprint density at radius 1 is 1.50 bits per heavy atom. The third-order valence-corrected chi connectivity index (χ3v) is 4.11. The molecule has 4 nitrogen and oxygen atoms in total. The second kappa shape index (κ2) is 6.51. The van der Waals surface area contributed by atoms with Gasteiger partial charge in [-0.05, 0) is 66.2 Å². The summed E-state index contributed by atoms with van der Waals surface area (Å²) < 4.78 is 0. The summed E-state index contributed by atoms with van der Waals surface area (Å²) in [5.41, 5.74) is 5.20. The lowest BCUT2D eigenvalue weighted by molar-refractivity contribution is 0.145. The molecule has 104 valence electrons. The van der Waals surface area contributed by atoms with E-state index in [1.807, 2.05) is 6.92 Å². The quantitative estimate of drug-likeness (QED) is 0.801. The average molecular weight is 252 g/mol. The zero-order valence-electron chi connectivity index (χ0n) is 12.3. The van der Waals surface area contributed by atoms with E-state index >= 15 is 0 Å². The fraction of sp³-hybridized carbons (Fsp3) is 0.929. The topological polar surface area (TPSA) is 56.3 Å². The van der Waals surface area contributed by atoms with E-state index in [2.05, 4.69) is 36.9 Å². The van der Waals surface area contributed by atoms with Crippen molar-refractivity contribution in [1.29, 1.82) is 5.26 Å². The normalized spacial score (nSPS) is 23.6. The zero-order chi connectivity index (χ0) is 13.8. The molecule has 1 rings (SSSR count). The summed E-state index contributed by atoms with van der Waals surface area (Å²) in [6, 6.07) is 2.54. The molecule has 0 aromatic heterocycles. The summed E-state index contributed by atoms with van der Waals surface area (Å²) in [6.07, 6.45) is 3.30. The van der Waals surface area contributed by atoms with Crippen LogP contribution in [0.2, 0.25) is 0 Å². The second-order valence-electron chi connectivity index (χ2n) is 6.27. The van der Waals surface area contributed by atoms with Crippen LogP contribution in [-0.4, -0.2) is 55.1 Å². The van der Waals surface area contributed by atoms with Gasteiger partial charge in [-0.1, -0.05) is 0 Å². The Labute approximate surface area is 112 Å². The highest BCUT2D eigenvalue weighted by atomic mass is 15.1. The Hall–Kier alpha value is -0.630. The van der Waals surface area contributed by atoms with Gasteiger partial charge in [-0.25, -0.2) is 0 Å². The van der Waals surface area contributed by atoms with Crippen LogP contribution in [0.1, 0.15) is 33.1 Å². The molecule has 0 aromatic rings. The molecule has 1 saturated heterocycles. The van der Waals surface area contributed by atoms with Gasteiger partial charge in [0.15, 0.2) is 0 Å². The van der Waals surface area contributed by atoms with E-state index < -0.39 is 5.54 Å². The third-order valence-electron chi connectivity index (χ3n) is 4.11. The lowest BCUT2D eigenvalue weighted by atomic mass is 9.93. The molecule has 2 N–H and O–H groups in total. The van der Waals surface area contributed by atoms with Crippen molar-refractivity contribution in [3.8, 4) is 6.07 Å². The molecule has 0 amide bonds. The van der Waals surface area contributed by atoms with Gasteiger partial charge in [0.25, 0.3) is 0 Å². The van der Waals surface area contributed by atoms with Crippen molar-refractivity contribution in [2.45, 2.75) is 44.7 Å². The lowest BCUT2D eigenvalue weighted by Gasteiger charge is -2.35. The smallest absolute Gasteiger partial charge is 0.102 e. The molecule has 1 fully saturated rings. The summed E-state index contributed by atoms with van der Waals surface area (Å²) in [5, 5.41) is 8.98. The standard InChI is InChI=1S/C14H28N4/c1-12(9-14(2,16)11-15)18(4)10-13-5-7-17(3)8-6-13/h12-13H,5-10,16H2,1-4H3. The highest BCUT2D eigenvalue weighted by Crippen LogP contribution is 2.19. The Morgan fingerprint density at radius 2 is 2.06 bits per heavy atom. The Bertz CT molecular complexity index is 287. The second-order valence-corrected chi connectivity index (χ2v) is 6.27. The minimum absolute atomic E-state index is 0.360. The van der Waals surface area contributed by atoms with Crippen LogP contribution >= 0.6 is 0 Å². The van der Waals surface area contributed by atoms with E-state index in [-0.39, 0.29) is 0 Å². The van der Waals surface area contributed by atoms with Crippen LogP contribution in [-0.2, 0) is 0 Å². The summed E-state index contributed by atoms with van der Waals surface area (Å²) in [4.78, 5) is 4.75. The van der Waals surface area contributed by atoms with Gasteiger partial charge in [-0.15, -0.1) is 0 Å². The Kier molecular flexibility index (Phi) is 5.58. The summed E-state index contributed by atoms with van der Waals surface area (Å²) in [7, 11) is 4.34. The maximum atomic E-state index is 8.98. The number of nitriles is 1. The van der Waals surface area contributed by atoms with Gasteiger partial charge in [0, 0.05) is 12.6 Å². The molecular formula is C14H28N4. The first-order valence-electron chi connectivity index (χ1n) is 6.93. The van der Waals surface area contributed by atoms with Crippen molar-refractivity contribution >= 4 is 0 Å². The fourth-order valence-corrected chi connectivity index (χ4v) is 2.65. The van der Waals surface area contributed by atoms with Crippen molar-refractivity contribution in [2.75, 3.05) is 33.7 Å². The first-order chi connectivity index (χ1) is 8.34. The van der Waals surface area contributed by atoms with Gasteiger partial charge < -0.3 is 15.5 Å². The van der Waals surface area contributed by atoms with E-state index in [0.717, 1.165) is 18.9 Å². The lowest BCUT2D eigenvalue weighted by Crippen LogP contribution is -2.44. The van der Waals surface area contributed by atoms with Crippen LogP contribution in [0.3, 0.4) is 0 Å². The number of hydrogen-bond acceptors (Lipinski definition) is 4. The summed E-state index contributed by atoms with van der Waals surface area (Å²) in [5.74, 6) is 0.791. The van der Waals surface area contributed by atoms with Crippen molar-refractivity contribution in [2.24, 2.45) is 11.7 Å². The monoisotopic (exact) mass is 252 g/mol. The molecule has 1 heterocycles. The number of rotatable bonds is 5. The van der Waals surface area contributed by atoms with E-state index in [9.17, 15) is 0 Å². The van der Waals surface area contributed by atoms with Crippen LogP contribution < -0.4 is 5.73 Å². The summed E-state index contributed by atoms with van der Waals surface area (Å²) >= 11 is 0. The minimum Gasteiger partial charge on any atom is -0.314 e. The highest BCUT2D eigenvalue weighted by molar-refractivity contribution is 5.02. The number of nitrogens with two attached hydrogens (primary N) is 1. The predicted molar refractivity (Wildman–Crippen MR) is 75.1 cm³/mol.